The first-order valence-corrected chi connectivity index (χ1v) is 14.0. The van der Waals surface area contributed by atoms with Crippen molar-refractivity contribution in [2.45, 2.75) is 18.9 Å². The number of ether oxygens (including phenoxy) is 2. The number of nitrogens with one attached hydrogen (secondary N) is 1. The Morgan fingerprint density at radius 2 is 1.90 bits per heavy atom. The Morgan fingerprint density at radius 1 is 1.02 bits per heavy atom. The Morgan fingerprint density at radius 3 is 2.77 bits per heavy atom. The summed E-state index contributed by atoms with van der Waals surface area (Å²) in [5.74, 6) is 2.59. The number of rotatable bonds is 7. The van der Waals surface area contributed by atoms with Gasteiger partial charge < -0.3 is 24.3 Å². The second-order valence-electron chi connectivity index (χ2n) is 10.8. The van der Waals surface area contributed by atoms with Crippen molar-refractivity contribution in [3.63, 3.8) is 0 Å². The Labute approximate surface area is 234 Å². The van der Waals surface area contributed by atoms with E-state index in [4.69, 9.17) is 19.4 Å². The maximum atomic E-state index is 5.88. The number of benzene rings is 3. The monoisotopic (exact) mass is 531 g/mol. The van der Waals surface area contributed by atoms with Gasteiger partial charge in [0.2, 0.25) is 5.95 Å². The van der Waals surface area contributed by atoms with Crippen molar-refractivity contribution in [3.05, 3.63) is 101 Å². The molecule has 0 saturated carbocycles. The average molecular weight is 532 g/mol. The molecule has 3 aromatic carbocycles. The normalized spacial score (nSPS) is 16.2. The molecule has 0 bridgehead atoms. The van der Waals surface area contributed by atoms with Crippen LogP contribution in [0.5, 0.6) is 11.5 Å². The van der Waals surface area contributed by atoms with Gasteiger partial charge in [0, 0.05) is 47.9 Å². The van der Waals surface area contributed by atoms with Crippen molar-refractivity contribution in [1.82, 2.24) is 19.9 Å². The highest BCUT2D eigenvalue weighted by Gasteiger charge is 2.34. The van der Waals surface area contributed by atoms with E-state index in [9.17, 15) is 0 Å². The van der Waals surface area contributed by atoms with E-state index >= 15 is 0 Å². The third-order valence-corrected chi connectivity index (χ3v) is 7.92. The van der Waals surface area contributed by atoms with E-state index < -0.39 is 0 Å². The number of anilines is 1. The summed E-state index contributed by atoms with van der Waals surface area (Å²) in [6.07, 6.45) is 3.74. The van der Waals surface area contributed by atoms with E-state index in [1.54, 1.807) is 0 Å². The van der Waals surface area contributed by atoms with Gasteiger partial charge in [-0.2, -0.15) is 0 Å². The van der Waals surface area contributed by atoms with Crippen molar-refractivity contribution >= 4 is 16.9 Å². The van der Waals surface area contributed by atoms with Gasteiger partial charge in [-0.3, -0.25) is 0 Å². The molecule has 1 unspecified atom stereocenters. The van der Waals surface area contributed by atoms with Crippen LogP contribution < -0.4 is 14.4 Å². The zero-order valence-corrected chi connectivity index (χ0v) is 22.9. The largest absolute Gasteiger partial charge is 0.493 e. The molecule has 40 heavy (non-hydrogen) atoms. The van der Waals surface area contributed by atoms with Crippen molar-refractivity contribution < 1.29 is 9.47 Å². The highest BCUT2D eigenvalue weighted by molar-refractivity contribution is 5.86. The number of aromatic amines is 1. The minimum Gasteiger partial charge on any atom is -0.493 e. The molecule has 0 spiro atoms. The van der Waals surface area contributed by atoms with Crippen LogP contribution in [-0.2, 0) is 12.8 Å². The van der Waals surface area contributed by atoms with Crippen LogP contribution in [0, 0.1) is 0 Å². The molecule has 0 amide bonds. The van der Waals surface area contributed by atoms with Gasteiger partial charge in [-0.05, 0) is 85.7 Å². The lowest BCUT2D eigenvalue weighted by Gasteiger charge is -2.36. The molecule has 7 rings (SSSR count). The maximum Gasteiger partial charge on any atom is 0.226 e. The summed E-state index contributed by atoms with van der Waals surface area (Å²) in [5, 5.41) is 1.30. The molecule has 0 fully saturated rings. The molecule has 0 radical (unpaired) electrons. The summed E-state index contributed by atoms with van der Waals surface area (Å²) in [7, 11) is 4.09. The first kappa shape index (κ1) is 24.7. The number of likely N-dealkylation sites (N-methyl/N-ethyl adjacent to an activating group) is 1. The lowest BCUT2D eigenvalue weighted by Crippen LogP contribution is -2.37. The lowest BCUT2D eigenvalue weighted by molar-refractivity contribution is 0.261. The third kappa shape index (κ3) is 4.56. The van der Waals surface area contributed by atoms with E-state index in [0.29, 0.717) is 6.61 Å². The standard InChI is InChI=1S/C33H33N5O2/c1-37(2)18-20-39-25-10-7-22(8-11-25)28-13-16-34-33(36-28)38-17-14-27-26-5-3-4-6-29(26)35-31(27)32(38)24-9-12-30-23(21-24)15-19-40-30/h3-13,16,21,32,35H,14-15,17-20H2,1-2H3. The van der Waals surface area contributed by atoms with Gasteiger partial charge in [0.1, 0.15) is 18.1 Å². The molecule has 7 heteroatoms. The Balaban J connectivity index is 1.24. The van der Waals surface area contributed by atoms with Crippen molar-refractivity contribution in [3.8, 4) is 22.8 Å². The summed E-state index contributed by atoms with van der Waals surface area (Å²) in [6, 6.07) is 25.3. The number of fused-ring (bicyclic) bond motifs is 4. The van der Waals surface area contributed by atoms with Gasteiger partial charge in [0.15, 0.2) is 0 Å². The van der Waals surface area contributed by atoms with E-state index in [1.165, 1.54) is 33.3 Å². The van der Waals surface area contributed by atoms with Crippen LogP contribution in [0.4, 0.5) is 5.95 Å². The van der Waals surface area contributed by atoms with Crippen LogP contribution in [0.2, 0.25) is 0 Å². The topological polar surface area (TPSA) is 66.5 Å². The fourth-order valence-corrected chi connectivity index (χ4v) is 5.90. The van der Waals surface area contributed by atoms with Crippen molar-refractivity contribution in [1.29, 1.82) is 0 Å². The Bertz CT molecular complexity index is 1660. The second kappa shape index (κ2) is 10.3. The van der Waals surface area contributed by atoms with Gasteiger partial charge in [0.25, 0.3) is 0 Å². The number of H-pyrrole nitrogens is 1. The second-order valence-corrected chi connectivity index (χ2v) is 10.8. The number of nitrogens with zero attached hydrogens (tertiary/aromatic N) is 4. The molecule has 0 aliphatic carbocycles. The molecule has 4 heterocycles. The average Bonchev–Trinajstić information content (AvgIpc) is 3.61. The maximum absolute atomic E-state index is 5.88. The van der Waals surface area contributed by atoms with Gasteiger partial charge >= 0.3 is 0 Å². The smallest absolute Gasteiger partial charge is 0.226 e. The summed E-state index contributed by atoms with van der Waals surface area (Å²) < 4.78 is 11.7. The molecule has 5 aromatic rings. The van der Waals surface area contributed by atoms with E-state index in [1.807, 2.05) is 38.5 Å². The van der Waals surface area contributed by atoms with Crippen molar-refractivity contribution in [2.24, 2.45) is 0 Å². The summed E-state index contributed by atoms with van der Waals surface area (Å²) in [5.41, 5.74) is 8.21. The van der Waals surface area contributed by atoms with Crippen LogP contribution in [0.15, 0.2) is 79.0 Å². The predicted molar refractivity (Wildman–Crippen MR) is 158 cm³/mol. The fraction of sp³-hybridized carbons (Fsp3) is 0.273. The minimum absolute atomic E-state index is 0.0234. The molecule has 1 atom stereocenters. The summed E-state index contributed by atoms with van der Waals surface area (Å²) in [6.45, 7) is 3.11. The van der Waals surface area contributed by atoms with Gasteiger partial charge in [-0.25, -0.2) is 9.97 Å². The van der Waals surface area contributed by atoms with Crippen LogP contribution in [0.25, 0.3) is 22.2 Å². The zero-order chi connectivity index (χ0) is 27.1. The summed E-state index contributed by atoms with van der Waals surface area (Å²) in [4.78, 5) is 18.1. The Kier molecular flexibility index (Phi) is 6.36. The zero-order valence-electron chi connectivity index (χ0n) is 22.9. The van der Waals surface area contributed by atoms with Gasteiger partial charge in [-0.1, -0.05) is 24.3 Å². The Hall–Kier alpha value is -4.36. The minimum atomic E-state index is -0.0234. The van der Waals surface area contributed by atoms with E-state index in [0.717, 1.165) is 61.2 Å². The van der Waals surface area contributed by atoms with E-state index in [-0.39, 0.29) is 6.04 Å². The first-order valence-electron chi connectivity index (χ1n) is 14.0. The molecule has 0 saturated heterocycles. The first-order chi connectivity index (χ1) is 19.6. The number of hydrogen-bond donors (Lipinski definition) is 1. The molecule has 2 aliphatic rings. The lowest BCUT2D eigenvalue weighted by atomic mass is 9.91. The van der Waals surface area contributed by atoms with Crippen molar-refractivity contribution in [2.75, 3.05) is 45.3 Å². The molecule has 1 N–H and O–H groups in total. The quantitative estimate of drug-likeness (QED) is 0.293. The fourth-order valence-electron chi connectivity index (χ4n) is 5.90. The molecule has 2 aromatic heterocycles. The highest BCUT2D eigenvalue weighted by atomic mass is 16.5. The third-order valence-electron chi connectivity index (χ3n) is 7.92. The van der Waals surface area contributed by atoms with Crippen LogP contribution in [0.1, 0.15) is 28.4 Å². The van der Waals surface area contributed by atoms with Gasteiger partial charge in [-0.15, -0.1) is 0 Å². The predicted octanol–water partition coefficient (Wildman–Crippen LogP) is 5.65. The van der Waals surface area contributed by atoms with Crippen LogP contribution in [-0.4, -0.2) is 60.3 Å². The molecule has 2 aliphatic heterocycles. The molecule has 7 nitrogen and oxygen atoms in total. The number of aromatic nitrogens is 3. The number of hydrogen-bond acceptors (Lipinski definition) is 6. The molecular formula is C33H33N5O2. The summed E-state index contributed by atoms with van der Waals surface area (Å²) >= 11 is 0. The SMILES string of the molecule is CN(C)CCOc1ccc(-c2ccnc(N3CCc4c([nH]c5ccccc45)C3c3ccc4c(c3)CCO4)n2)cc1. The van der Waals surface area contributed by atoms with E-state index in [2.05, 4.69) is 69.4 Å². The van der Waals surface area contributed by atoms with Gasteiger partial charge in [0.05, 0.1) is 18.3 Å². The molecular weight excluding hydrogens is 498 g/mol. The van der Waals surface area contributed by atoms with Crippen LogP contribution in [0.3, 0.4) is 0 Å². The number of para-hydroxylation sites is 1. The highest BCUT2D eigenvalue weighted by Crippen LogP contribution is 2.41. The molecule has 202 valence electrons. The van der Waals surface area contributed by atoms with Crippen LogP contribution >= 0.6 is 0 Å².